The number of β-amino-alcohol motifs (C(OH)–C–C–N with tert-alkyl or cyclic N) is 2. The van der Waals surface area contributed by atoms with Crippen LogP contribution in [-0.4, -0.2) is 65.3 Å². The van der Waals surface area contributed by atoms with Gasteiger partial charge in [0.05, 0.1) is 25.3 Å². The molecule has 0 aliphatic carbocycles. The van der Waals surface area contributed by atoms with Crippen molar-refractivity contribution in [2.24, 2.45) is 9.98 Å². The molecular formula is C30H27N5O3. The average molecular weight is 506 g/mol. The van der Waals surface area contributed by atoms with Gasteiger partial charge in [-0.3, -0.25) is 9.98 Å². The molecule has 0 saturated carbocycles. The van der Waals surface area contributed by atoms with Gasteiger partial charge in [0, 0.05) is 51.8 Å². The first-order valence-electron chi connectivity index (χ1n) is 12.8. The van der Waals surface area contributed by atoms with Crippen LogP contribution in [0.5, 0.6) is 0 Å². The third kappa shape index (κ3) is 4.23. The number of rotatable bonds is 4. The van der Waals surface area contributed by atoms with E-state index in [4.69, 9.17) is 4.42 Å². The molecule has 2 aromatic heterocycles. The number of furan rings is 1. The third-order valence-corrected chi connectivity index (χ3v) is 7.10. The molecule has 2 atom stereocenters. The second kappa shape index (κ2) is 9.16. The van der Waals surface area contributed by atoms with Crippen LogP contribution in [0.2, 0.25) is 0 Å². The Kier molecular flexibility index (Phi) is 5.49. The number of hydrogen-bond donors (Lipinski definition) is 5. The van der Waals surface area contributed by atoms with Gasteiger partial charge in [-0.1, -0.05) is 48.5 Å². The van der Waals surface area contributed by atoms with Crippen molar-refractivity contribution in [1.82, 2.24) is 15.6 Å². The molecule has 0 saturated heterocycles. The highest BCUT2D eigenvalue weighted by molar-refractivity contribution is 6.03. The summed E-state index contributed by atoms with van der Waals surface area (Å²) in [6, 6.07) is 24.8. The molecule has 5 aromatic rings. The summed E-state index contributed by atoms with van der Waals surface area (Å²) in [5.74, 6) is 2.41. The first-order chi connectivity index (χ1) is 18.6. The van der Waals surface area contributed by atoms with Gasteiger partial charge >= 0.3 is 0 Å². The van der Waals surface area contributed by atoms with Gasteiger partial charge in [-0.15, -0.1) is 0 Å². The second-order valence-electron chi connectivity index (χ2n) is 9.87. The van der Waals surface area contributed by atoms with E-state index in [0.29, 0.717) is 26.2 Å². The third-order valence-electron chi connectivity index (χ3n) is 7.10. The lowest BCUT2D eigenvalue weighted by Crippen LogP contribution is -2.39. The molecule has 7 rings (SSSR count). The predicted octanol–water partition coefficient (Wildman–Crippen LogP) is 3.67. The Morgan fingerprint density at radius 1 is 0.658 bits per heavy atom. The number of hydrogen-bond acceptors (Lipinski definition) is 7. The van der Waals surface area contributed by atoms with Crippen LogP contribution in [0, 0.1) is 0 Å². The molecule has 5 N–H and O–H groups in total. The molecule has 4 heterocycles. The van der Waals surface area contributed by atoms with E-state index >= 15 is 0 Å². The fourth-order valence-electron chi connectivity index (χ4n) is 5.01. The summed E-state index contributed by atoms with van der Waals surface area (Å²) in [6.45, 7) is 1.85. The highest BCUT2D eigenvalue weighted by Crippen LogP contribution is 2.31. The lowest BCUT2D eigenvalue weighted by Gasteiger charge is -2.19. The second-order valence-corrected chi connectivity index (χ2v) is 9.87. The van der Waals surface area contributed by atoms with Gasteiger partial charge in [0.1, 0.15) is 23.0 Å². The average Bonchev–Trinajstić information content (AvgIpc) is 3.58. The Morgan fingerprint density at radius 2 is 1.26 bits per heavy atom. The van der Waals surface area contributed by atoms with Crippen LogP contribution < -0.4 is 10.6 Å². The van der Waals surface area contributed by atoms with Crippen LogP contribution in [0.15, 0.2) is 87.2 Å². The van der Waals surface area contributed by atoms with Crippen molar-refractivity contribution in [1.29, 1.82) is 0 Å². The van der Waals surface area contributed by atoms with E-state index in [1.54, 1.807) is 0 Å². The maximum Gasteiger partial charge on any atom is 0.135 e. The molecule has 0 amide bonds. The summed E-state index contributed by atoms with van der Waals surface area (Å²) in [7, 11) is 0. The number of amidine groups is 2. The minimum absolute atomic E-state index is 0.408. The molecule has 0 fully saturated rings. The Balaban J connectivity index is 1.14. The fourth-order valence-corrected chi connectivity index (χ4v) is 5.01. The van der Waals surface area contributed by atoms with E-state index in [2.05, 4.69) is 80.2 Å². The van der Waals surface area contributed by atoms with Gasteiger partial charge < -0.3 is 30.2 Å². The van der Waals surface area contributed by atoms with E-state index in [0.717, 1.165) is 67.3 Å². The highest BCUT2D eigenvalue weighted by atomic mass is 16.3. The van der Waals surface area contributed by atoms with Gasteiger partial charge in [-0.25, -0.2) is 0 Å². The Bertz CT molecular complexity index is 1590. The normalized spacial score (nSPS) is 19.6. The zero-order valence-corrected chi connectivity index (χ0v) is 20.6. The first-order valence-corrected chi connectivity index (χ1v) is 12.8. The molecule has 190 valence electrons. The number of aliphatic hydroxyl groups is 2. The molecule has 2 unspecified atom stereocenters. The van der Waals surface area contributed by atoms with Crippen LogP contribution in [0.25, 0.3) is 44.5 Å². The van der Waals surface area contributed by atoms with Crippen molar-refractivity contribution in [2.45, 2.75) is 12.2 Å². The highest BCUT2D eigenvalue weighted by Gasteiger charge is 2.16. The van der Waals surface area contributed by atoms with E-state index < -0.39 is 12.2 Å². The van der Waals surface area contributed by atoms with E-state index in [9.17, 15) is 10.2 Å². The minimum atomic E-state index is -0.438. The maximum absolute atomic E-state index is 9.68. The number of aliphatic hydroxyl groups excluding tert-OH is 2. The standard InChI is InChI=1S/C30H27N5O3/c36-23-13-31-29(32-14-23)21-7-5-19-9-25(35-26(19)10-21)17-1-3-18(4-2-17)27-11-20-6-8-22(12-28(20)38-27)30-33-15-24(37)16-34-30/h1-12,23-24,35-37H,13-16H2,(H,31,32)(H,33,34). The largest absolute Gasteiger partial charge is 0.456 e. The van der Waals surface area contributed by atoms with Gasteiger partial charge in [-0.2, -0.15) is 0 Å². The van der Waals surface area contributed by atoms with Crippen LogP contribution in [0.1, 0.15) is 11.1 Å². The first kappa shape index (κ1) is 22.8. The summed E-state index contributed by atoms with van der Waals surface area (Å²) in [6.07, 6.45) is -0.864. The number of aromatic amines is 1. The van der Waals surface area contributed by atoms with Gasteiger partial charge in [-0.05, 0) is 29.8 Å². The molecule has 8 nitrogen and oxygen atoms in total. The predicted molar refractivity (Wildman–Crippen MR) is 150 cm³/mol. The number of nitrogens with one attached hydrogen (secondary N) is 3. The molecule has 8 heteroatoms. The summed E-state index contributed by atoms with van der Waals surface area (Å²) in [5.41, 5.74) is 6.93. The quantitative estimate of drug-likeness (QED) is 0.255. The topological polar surface area (TPSA) is 118 Å². The molecule has 3 aromatic carbocycles. The van der Waals surface area contributed by atoms with Crippen molar-refractivity contribution in [2.75, 3.05) is 26.2 Å². The van der Waals surface area contributed by atoms with Gasteiger partial charge in [0.25, 0.3) is 0 Å². The van der Waals surface area contributed by atoms with Crippen molar-refractivity contribution >= 4 is 33.5 Å². The van der Waals surface area contributed by atoms with Crippen molar-refractivity contribution in [3.8, 4) is 22.6 Å². The number of H-pyrrole nitrogens is 1. The molecular weight excluding hydrogens is 478 g/mol. The summed E-state index contributed by atoms with van der Waals surface area (Å²) < 4.78 is 6.20. The van der Waals surface area contributed by atoms with Crippen molar-refractivity contribution < 1.29 is 14.6 Å². The Labute approximate surface area is 218 Å². The van der Waals surface area contributed by atoms with E-state index in [1.165, 1.54) is 0 Å². The van der Waals surface area contributed by atoms with Crippen LogP contribution in [-0.2, 0) is 0 Å². The molecule has 2 aliphatic heterocycles. The summed E-state index contributed by atoms with van der Waals surface area (Å²) in [5, 5.41) is 27.9. The molecule has 38 heavy (non-hydrogen) atoms. The number of fused-ring (bicyclic) bond motifs is 2. The minimum Gasteiger partial charge on any atom is -0.456 e. The number of aliphatic imine (C=N–C) groups is 2. The summed E-state index contributed by atoms with van der Waals surface area (Å²) >= 11 is 0. The number of aromatic nitrogens is 1. The smallest absolute Gasteiger partial charge is 0.135 e. The fraction of sp³-hybridized carbons (Fsp3) is 0.200. The Morgan fingerprint density at radius 3 is 1.92 bits per heavy atom. The van der Waals surface area contributed by atoms with Crippen LogP contribution in [0.3, 0.4) is 0 Å². The Hall–Kier alpha value is -4.40. The monoisotopic (exact) mass is 505 g/mol. The van der Waals surface area contributed by atoms with Crippen molar-refractivity contribution in [3.63, 3.8) is 0 Å². The van der Waals surface area contributed by atoms with Gasteiger partial charge in [0.2, 0.25) is 0 Å². The molecule has 0 bridgehead atoms. The number of nitrogens with zero attached hydrogens (tertiary/aromatic N) is 2. The zero-order chi connectivity index (χ0) is 25.6. The van der Waals surface area contributed by atoms with Gasteiger partial charge in [0.15, 0.2) is 0 Å². The lowest BCUT2D eigenvalue weighted by molar-refractivity contribution is 0.181. The summed E-state index contributed by atoms with van der Waals surface area (Å²) in [4.78, 5) is 12.4. The zero-order valence-electron chi connectivity index (χ0n) is 20.6. The molecule has 0 radical (unpaired) electrons. The maximum atomic E-state index is 9.68. The van der Waals surface area contributed by atoms with Crippen molar-refractivity contribution in [3.05, 3.63) is 83.9 Å². The van der Waals surface area contributed by atoms with Crippen LogP contribution in [0.4, 0.5) is 0 Å². The molecule has 0 spiro atoms. The SMILES string of the molecule is OC1CN=C(c2ccc3cc(-c4ccc(-c5cc6ccc(C7=NCC(O)CN7)cc6o5)cc4)[nH]c3c2)NC1. The molecule has 2 aliphatic rings. The van der Waals surface area contributed by atoms with Crippen LogP contribution >= 0.6 is 0 Å². The van der Waals surface area contributed by atoms with E-state index in [1.807, 2.05) is 18.2 Å². The lowest BCUT2D eigenvalue weighted by atomic mass is 10.1. The number of benzene rings is 3. The van der Waals surface area contributed by atoms with E-state index in [-0.39, 0.29) is 0 Å².